The SMILES string of the molecule is Cc1cc(NC(=O)C(=O)NCCC(CCO)c2ccsc2)no1. The van der Waals surface area contributed by atoms with Gasteiger partial charge in [-0.1, -0.05) is 5.16 Å². The van der Waals surface area contributed by atoms with E-state index in [2.05, 4.69) is 15.8 Å². The van der Waals surface area contributed by atoms with E-state index in [-0.39, 0.29) is 18.3 Å². The van der Waals surface area contributed by atoms with Gasteiger partial charge in [0.15, 0.2) is 5.82 Å². The lowest BCUT2D eigenvalue weighted by Crippen LogP contribution is -2.36. The molecule has 7 nitrogen and oxygen atoms in total. The molecule has 2 rings (SSSR count). The van der Waals surface area contributed by atoms with Crippen molar-refractivity contribution in [2.75, 3.05) is 18.5 Å². The molecular formula is C15H19N3O4S. The van der Waals surface area contributed by atoms with Crippen molar-refractivity contribution in [1.82, 2.24) is 10.5 Å². The number of thiophene rings is 1. The lowest BCUT2D eigenvalue weighted by molar-refractivity contribution is -0.136. The van der Waals surface area contributed by atoms with Gasteiger partial charge >= 0.3 is 11.8 Å². The van der Waals surface area contributed by atoms with Crippen LogP contribution in [0.5, 0.6) is 0 Å². The third kappa shape index (κ3) is 5.19. The normalized spacial score (nSPS) is 11.9. The first kappa shape index (κ1) is 17.2. The molecule has 0 aromatic carbocycles. The number of aliphatic hydroxyl groups is 1. The highest BCUT2D eigenvalue weighted by Crippen LogP contribution is 2.24. The summed E-state index contributed by atoms with van der Waals surface area (Å²) < 4.78 is 4.81. The Morgan fingerprint density at radius 1 is 1.39 bits per heavy atom. The second-order valence-electron chi connectivity index (χ2n) is 5.09. The molecule has 0 saturated carbocycles. The number of rotatable bonds is 7. The zero-order valence-electron chi connectivity index (χ0n) is 12.7. The van der Waals surface area contributed by atoms with Crippen molar-refractivity contribution in [3.8, 4) is 0 Å². The zero-order chi connectivity index (χ0) is 16.7. The highest BCUT2D eigenvalue weighted by molar-refractivity contribution is 7.07. The maximum Gasteiger partial charge on any atom is 0.314 e. The van der Waals surface area contributed by atoms with Crippen LogP contribution in [-0.2, 0) is 9.59 Å². The fourth-order valence-corrected chi connectivity index (χ4v) is 2.92. The maximum absolute atomic E-state index is 11.8. The molecule has 2 aromatic rings. The summed E-state index contributed by atoms with van der Waals surface area (Å²) >= 11 is 1.59. The van der Waals surface area contributed by atoms with Crippen LogP contribution in [0.1, 0.15) is 30.1 Å². The van der Waals surface area contributed by atoms with Gasteiger partial charge in [0.05, 0.1) is 0 Å². The van der Waals surface area contributed by atoms with Crippen LogP contribution in [-0.4, -0.2) is 35.2 Å². The van der Waals surface area contributed by atoms with Gasteiger partial charge in [0.2, 0.25) is 0 Å². The molecule has 0 bridgehead atoms. The van der Waals surface area contributed by atoms with Crippen LogP contribution in [0.25, 0.3) is 0 Å². The van der Waals surface area contributed by atoms with Gasteiger partial charge in [0, 0.05) is 19.2 Å². The number of hydrogen-bond donors (Lipinski definition) is 3. The summed E-state index contributed by atoms with van der Waals surface area (Å²) in [6, 6.07) is 3.53. The molecule has 2 amide bonds. The van der Waals surface area contributed by atoms with E-state index in [9.17, 15) is 9.59 Å². The molecule has 2 heterocycles. The third-order valence-electron chi connectivity index (χ3n) is 3.35. The number of nitrogens with zero attached hydrogens (tertiary/aromatic N) is 1. The van der Waals surface area contributed by atoms with Crippen LogP contribution < -0.4 is 10.6 Å². The Labute approximate surface area is 137 Å². The maximum atomic E-state index is 11.8. The van der Waals surface area contributed by atoms with Gasteiger partial charge in [0.25, 0.3) is 0 Å². The van der Waals surface area contributed by atoms with E-state index < -0.39 is 11.8 Å². The van der Waals surface area contributed by atoms with Gasteiger partial charge in [0.1, 0.15) is 5.76 Å². The quantitative estimate of drug-likeness (QED) is 0.667. The predicted molar refractivity (Wildman–Crippen MR) is 86.3 cm³/mol. The monoisotopic (exact) mass is 337 g/mol. The van der Waals surface area contributed by atoms with Crippen molar-refractivity contribution in [1.29, 1.82) is 0 Å². The summed E-state index contributed by atoms with van der Waals surface area (Å²) in [6.07, 6.45) is 1.27. The van der Waals surface area contributed by atoms with E-state index in [1.807, 2.05) is 16.8 Å². The molecule has 8 heteroatoms. The molecule has 0 aliphatic carbocycles. The second kappa shape index (κ2) is 8.44. The standard InChI is InChI=1S/C15H19N3O4S/c1-10-8-13(18-22-10)17-15(21)14(20)16-5-2-11(3-6-19)12-4-7-23-9-12/h4,7-9,11,19H,2-3,5-6H2,1H3,(H,16,20)(H,17,18,21). The van der Waals surface area contributed by atoms with E-state index in [1.165, 1.54) is 6.07 Å². The van der Waals surface area contributed by atoms with Gasteiger partial charge in [-0.2, -0.15) is 11.3 Å². The Morgan fingerprint density at radius 2 is 2.22 bits per heavy atom. The van der Waals surface area contributed by atoms with Crippen molar-refractivity contribution in [2.24, 2.45) is 0 Å². The minimum atomic E-state index is -0.785. The average molecular weight is 337 g/mol. The van der Waals surface area contributed by atoms with Crippen LogP contribution >= 0.6 is 11.3 Å². The highest BCUT2D eigenvalue weighted by atomic mass is 32.1. The van der Waals surface area contributed by atoms with Crippen molar-refractivity contribution in [3.63, 3.8) is 0 Å². The molecule has 0 fully saturated rings. The van der Waals surface area contributed by atoms with Crippen molar-refractivity contribution < 1.29 is 19.2 Å². The molecule has 0 saturated heterocycles. The average Bonchev–Trinajstić information content (AvgIpc) is 3.18. The first-order chi connectivity index (χ1) is 11.1. The van der Waals surface area contributed by atoms with E-state index in [4.69, 9.17) is 9.63 Å². The number of aryl methyl sites for hydroxylation is 1. The molecule has 0 aliphatic heterocycles. The Kier molecular flexibility index (Phi) is 6.30. The molecule has 3 N–H and O–H groups in total. The molecule has 0 radical (unpaired) electrons. The second-order valence-corrected chi connectivity index (χ2v) is 5.87. The van der Waals surface area contributed by atoms with Crippen molar-refractivity contribution >= 4 is 29.0 Å². The first-order valence-corrected chi connectivity index (χ1v) is 8.20. The fourth-order valence-electron chi connectivity index (χ4n) is 2.18. The largest absolute Gasteiger partial charge is 0.396 e. The Bertz CT molecular complexity index is 639. The third-order valence-corrected chi connectivity index (χ3v) is 4.05. The van der Waals surface area contributed by atoms with Gasteiger partial charge in [-0.25, -0.2) is 0 Å². The van der Waals surface area contributed by atoms with Crippen LogP contribution in [0.2, 0.25) is 0 Å². The fraction of sp³-hybridized carbons (Fsp3) is 0.400. The van der Waals surface area contributed by atoms with Crippen LogP contribution in [0.15, 0.2) is 27.4 Å². The van der Waals surface area contributed by atoms with E-state index in [1.54, 1.807) is 18.3 Å². The van der Waals surface area contributed by atoms with E-state index >= 15 is 0 Å². The lowest BCUT2D eigenvalue weighted by atomic mass is 9.95. The predicted octanol–water partition coefficient (Wildman–Crippen LogP) is 1.66. The first-order valence-electron chi connectivity index (χ1n) is 7.25. The summed E-state index contributed by atoms with van der Waals surface area (Å²) in [6.45, 7) is 2.12. The molecule has 1 atom stereocenters. The zero-order valence-corrected chi connectivity index (χ0v) is 13.6. The summed E-state index contributed by atoms with van der Waals surface area (Å²) in [5, 5.41) is 21.7. The highest BCUT2D eigenvalue weighted by Gasteiger charge is 2.17. The molecule has 0 spiro atoms. The van der Waals surface area contributed by atoms with Crippen molar-refractivity contribution in [2.45, 2.75) is 25.7 Å². The lowest BCUT2D eigenvalue weighted by Gasteiger charge is -2.14. The van der Waals surface area contributed by atoms with Crippen LogP contribution in [0, 0.1) is 6.92 Å². The number of carbonyl (C=O) groups is 2. The molecule has 124 valence electrons. The Balaban J connectivity index is 1.77. The van der Waals surface area contributed by atoms with E-state index in [0.717, 1.165) is 5.56 Å². The summed E-state index contributed by atoms with van der Waals surface area (Å²) in [7, 11) is 0. The number of carbonyl (C=O) groups excluding carboxylic acids is 2. The molecule has 1 unspecified atom stereocenters. The van der Waals surface area contributed by atoms with Gasteiger partial charge in [-0.3, -0.25) is 14.9 Å². The molecule has 0 aliphatic rings. The minimum absolute atomic E-state index is 0.0838. The molecule has 23 heavy (non-hydrogen) atoms. The Hall–Kier alpha value is -2.19. The number of amides is 2. The van der Waals surface area contributed by atoms with Crippen molar-refractivity contribution in [3.05, 3.63) is 34.2 Å². The van der Waals surface area contributed by atoms with Gasteiger partial charge < -0.3 is 14.9 Å². The summed E-state index contributed by atoms with van der Waals surface area (Å²) in [5.74, 6) is -0.596. The Morgan fingerprint density at radius 3 is 2.83 bits per heavy atom. The van der Waals surface area contributed by atoms with Crippen LogP contribution in [0.4, 0.5) is 5.82 Å². The molecule has 2 aromatic heterocycles. The van der Waals surface area contributed by atoms with Gasteiger partial charge in [-0.15, -0.1) is 0 Å². The van der Waals surface area contributed by atoms with E-state index in [0.29, 0.717) is 25.1 Å². The summed E-state index contributed by atoms with van der Waals surface area (Å²) in [4.78, 5) is 23.5. The number of nitrogens with one attached hydrogen (secondary N) is 2. The van der Waals surface area contributed by atoms with Gasteiger partial charge in [-0.05, 0) is 48.1 Å². The molecular weight excluding hydrogens is 318 g/mol. The number of aliphatic hydroxyl groups excluding tert-OH is 1. The minimum Gasteiger partial charge on any atom is -0.396 e. The number of aromatic nitrogens is 1. The van der Waals surface area contributed by atoms with Crippen LogP contribution in [0.3, 0.4) is 0 Å². The smallest absolute Gasteiger partial charge is 0.314 e. The number of anilines is 1. The number of hydrogen-bond acceptors (Lipinski definition) is 6. The topological polar surface area (TPSA) is 104 Å². The summed E-state index contributed by atoms with van der Waals surface area (Å²) in [5.41, 5.74) is 1.14.